The van der Waals surface area contributed by atoms with Gasteiger partial charge in [0, 0.05) is 12.6 Å². The van der Waals surface area contributed by atoms with Crippen LogP contribution in [0.25, 0.3) is 6.08 Å². The number of benzene rings is 2. The summed E-state index contributed by atoms with van der Waals surface area (Å²) in [5.74, 6) is -0.847. The highest BCUT2D eigenvalue weighted by atomic mass is 32.2. The van der Waals surface area contributed by atoms with Crippen LogP contribution in [0.3, 0.4) is 0 Å². The second kappa shape index (κ2) is 8.41. The number of carbonyl (C=O) groups excluding carboxylic acids is 1. The van der Waals surface area contributed by atoms with E-state index in [1.54, 1.807) is 0 Å². The molecule has 2 aromatic rings. The highest BCUT2D eigenvalue weighted by Crippen LogP contribution is 2.39. The summed E-state index contributed by atoms with van der Waals surface area (Å²) in [6.45, 7) is 0.449. The predicted molar refractivity (Wildman–Crippen MR) is 111 cm³/mol. The van der Waals surface area contributed by atoms with E-state index >= 15 is 0 Å². The number of nitro benzene ring substituents is 1. The second-order valence-corrected chi connectivity index (χ2v) is 7.59. The van der Waals surface area contributed by atoms with E-state index in [1.165, 1.54) is 30.2 Å². The lowest BCUT2D eigenvalue weighted by Gasteiger charge is -2.14. The van der Waals surface area contributed by atoms with E-state index in [4.69, 9.17) is 17.0 Å². The van der Waals surface area contributed by atoms with E-state index in [1.807, 2.05) is 30.3 Å². The molecule has 28 heavy (non-hydrogen) atoms. The molecule has 1 aliphatic heterocycles. The Balaban J connectivity index is 1.83. The zero-order valence-corrected chi connectivity index (χ0v) is 16.5. The molecule has 3 rings (SSSR count). The normalized spacial score (nSPS) is 15.3. The fourth-order valence-corrected chi connectivity index (χ4v) is 4.03. The van der Waals surface area contributed by atoms with Crippen LogP contribution in [0.1, 0.15) is 11.1 Å². The lowest BCUT2D eigenvalue weighted by atomic mass is 10.1. The third-order valence-corrected chi connectivity index (χ3v) is 5.51. The van der Waals surface area contributed by atoms with Gasteiger partial charge < -0.3 is 9.84 Å². The quantitative estimate of drug-likeness (QED) is 0.332. The summed E-state index contributed by atoms with van der Waals surface area (Å²) in [6, 6.07) is 12.4. The Morgan fingerprint density at radius 1 is 1.32 bits per heavy atom. The van der Waals surface area contributed by atoms with E-state index in [0.29, 0.717) is 27.8 Å². The molecule has 0 aliphatic carbocycles. The Morgan fingerprint density at radius 3 is 2.68 bits per heavy atom. The van der Waals surface area contributed by atoms with Gasteiger partial charge in [-0.05, 0) is 29.7 Å². The monoisotopic (exact) mass is 416 g/mol. The molecule has 0 atom stereocenters. The summed E-state index contributed by atoms with van der Waals surface area (Å²) in [5, 5.41) is 21.0. The lowest BCUT2D eigenvalue weighted by Crippen LogP contribution is -2.30. The molecule has 2 aromatic carbocycles. The molecular weight excluding hydrogens is 400 g/mol. The molecule has 1 amide bonds. The van der Waals surface area contributed by atoms with Gasteiger partial charge in [-0.1, -0.05) is 54.3 Å². The zero-order valence-electron chi connectivity index (χ0n) is 14.8. The number of amides is 1. The highest BCUT2D eigenvalue weighted by Gasteiger charge is 2.32. The fraction of sp³-hybridized carbons (Fsp3) is 0.158. The number of aromatic hydroxyl groups is 1. The first-order chi connectivity index (χ1) is 13.4. The van der Waals surface area contributed by atoms with Crippen molar-refractivity contribution in [2.75, 3.05) is 13.7 Å². The second-order valence-electron chi connectivity index (χ2n) is 5.92. The molecule has 0 spiro atoms. The van der Waals surface area contributed by atoms with Crippen LogP contribution in [-0.4, -0.2) is 38.8 Å². The molecular formula is C19H16N2O5S2. The van der Waals surface area contributed by atoms with Crippen LogP contribution in [-0.2, 0) is 11.2 Å². The van der Waals surface area contributed by atoms with Crippen molar-refractivity contribution in [2.24, 2.45) is 0 Å². The van der Waals surface area contributed by atoms with Crippen LogP contribution in [0, 0.1) is 10.1 Å². The molecule has 1 aliphatic rings. The largest absolute Gasteiger partial charge is 0.500 e. The first-order valence-corrected chi connectivity index (χ1v) is 9.48. The number of carbonyl (C=O) groups is 1. The van der Waals surface area contributed by atoms with E-state index in [0.717, 1.165) is 17.3 Å². The van der Waals surface area contributed by atoms with Crippen molar-refractivity contribution < 1.29 is 19.6 Å². The molecule has 1 heterocycles. The van der Waals surface area contributed by atoms with Crippen LogP contribution in [0.4, 0.5) is 5.69 Å². The van der Waals surface area contributed by atoms with Crippen molar-refractivity contribution >= 4 is 46.0 Å². The molecule has 0 radical (unpaired) electrons. The molecule has 1 N–H and O–H groups in total. The van der Waals surface area contributed by atoms with Crippen LogP contribution >= 0.6 is 24.0 Å². The van der Waals surface area contributed by atoms with Gasteiger partial charge in [0.05, 0.1) is 16.9 Å². The maximum Gasteiger partial charge on any atom is 0.315 e. The SMILES string of the molecule is COc1cc(C=C2SC(=S)N(CCc3ccccc3)C2=O)cc([N+](=O)[O-])c1O. The molecule has 1 saturated heterocycles. The minimum Gasteiger partial charge on any atom is -0.500 e. The van der Waals surface area contributed by atoms with Crippen molar-refractivity contribution in [3.05, 3.63) is 68.6 Å². The number of ether oxygens (including phenoxy) is 1. The summed E-state index contributed by atoms with van der Waals surface area (Å²) >= 11 is 6.46. The summed E-state index contributed by atoms with van der Waals surface area (Å²) in [7, 11) is 1.30. The summed E-state index contributed by atoms with van der Waals surface area (Å²) in [4.78, 5) is 25.0. The van der Waals surface area contributed by atoms with Crippen molar-refractivity contribution in [3.8, 4) is 11.5 Å². The van der Waals surface area contributed by atoms with E-state index in [9.17, 15) is 20.0 Å². The topological polar surface area (TPSA) is 92.9 Å². The smallest absolute Gasteiger partial charge is 0.315 e. The van der Waals surface area contributed by atoms with Gasteiger partial charge in [-0.25, -0.2) is 0 Å². The summed E-state index contributed by atoms with van der Waals surface area (Å²) in [5.41, 5.74) is 0.967. The number of methoxy groups -OCH3 is 1. The van der Waals surface area contributed by atoms with Crippen molar-refractivity contribution in [3.63, 3.8) is 0 Å². The Bertz CT molecular complexity index is 976. The number of phenolic OH excluding ortho intramolecular Hbond substituents is 1. The summed E-state index contributed by atoms with van der Waals surface area (Å²) < 4.78 is 5.42. The Kier molecular flexibility index (Phi) is 5.96. The van der Waals surface area contributed by atoms with Crippen molar-refractivity contribution in [2.45, 2.75) is 6.42 Å². The van der Waals surface area contributed by atoms with Crippen LogP contribution in [0.15, 0.2) is 47.4 Å². The maximum atomic E-state index is 12.7. The number of phenols is 1. The van der Waals surface area contributed by atoms with Crippen LogP contribution in [0.2, 0.25) is 0 Å². The number of rotatable bonds is 6. The third-order valence-electron chi connectivity index (χ3n) is 4.13. The molecule has 0 bridgehead atoms. The van der Waals surface area contributed by atoms with Crippen molar-refractivity contribution in [1.82, 2.24) is 4.90 Å². The fourth-order valence-electron chi connectivity index (χ4n) is 2.72. The Hall–Kier alpha value is -2.91. The van der Waals surface area contributed by atoms with E-state index in [2.05, 4.69) is 0 Å². The Morgan fingerprint density at radius 2 is 2.04 bits per heavy atom. The summed E-state index contributed by atoms with van der Waals surface area (Å²) in [6.07, 6.45) is 2.18. The van der Waals surface area contributed by atoms with Gasteiger partial charge in [-0.2, -0.15) is 0 Å². The standard InChI is InChI=1S/C19H16N2O5S2/c1-26-15-10-13(9-14(17(15)22)21(24)25)11-16-18(23)20(19(27)28-16)8-7-12-5-3-2-4-6-12/h2-6,9-11,22H,7-8H2,1H3. The average Bonchev–Trinajstić information content (AvgIpc) is 2.94. The number of hydrogen-bond donors (Lipinski definition) is 1. The van der Waals surface area contributed by atoms with Gasteiger partial charge in [0.15, 0.2) is 5.75 Å². The minimum atomic E-state index is -0.708. The number of nitrogens with zero attached hydrogens (tertiary/aromatic N) is 2. The number of hydrogen-bond acceptors (Lipinski definition) is 7. The first kappa shape index (κ1) is 19.8. The molecule has 1 fully saturated rings. The minimum absolute atomic E-state index is 0.0417. The van der Waals surface area contributed by atoms with Gasteiger partial charge in [-0.3, -0.25) is 19.8 Å². The van der Waals surface area contributed by atoms with Crippen LogP contribution < -0.4 is 4.74 Å². The van der Waals surface area contributed by atoms with Gasteiger partial charge in [0.25, 0.3) is 5.91 Å². The molecule has 0 unspecified atom stereocenters. The first-order valence-electron chi connectivity index (χ1n) is 8.25. The Labute approximate surface area is 170 Å². The van der Waals surface area contributed by atoms with Gasteiger partial charge >= 0.3 is 5.69 Å². The average molecular weight is 416 g/mol. The third kappa shape index (κ3) is 4.15. The van der Waals surface area contributed by atoms with Gasteiger partial charge in [0.1, 0.15) is 4.32 Å². The van der Waals surface area contributed by atoms with Crippen molar-refractivity contribution in [1.29, 1.82) is 0 Å². The number of thiocarbonyl (C=S) groups is 1. The maximum absolute atomic E-state index is 12.7. The predicted octanol–water partition coefficient (Wildman–Crippen LogP) is 3.75. The lowest BCUT2D eigenvalue weighted by molar-refractivity contribution is -0.386. The van der Waals surface area contributed by atoms with E-state index < -0.39 is 16.4 Å². The molecule has 144 valence electrons. The molecule has 0 aromatic heterocycles. The highest BCUT2D eigenvalue weighted by molar-refractivity contribution is 8.26. The number of nitro groups is 1. The molecule has 0 saturated carbocycles. The molecule has 7 nitrogen and oxygen atoms in total. The molecule has 9 heteroatoms. The zero-order chi connectivity index (χ0) is 20.3. The van der Waals surface area contributed by atoms with Gasteiger partial charge in [0.2, 0.25) is 5.75 Å². The number of thioether (sulfide) groups is 1. The van der Waals surface area contributed by atoms with Crippen LogP contribution in [0.5, 0.6) is 11.5 Å². The van der Waals surface area contributed by atoms with E-state index in [-0.39, 0.29) is 11.7 Å². The van der Waals surface area contributed by atoms with Gasteiger partial charge in [-0.15, -0.1) is 0 Å².